The maximum absolute atomic E-state index is 12.8. The molecule has 0 aliphatic rings. The monoisotopic (exact) mass is 313 g/mol. The van der Waals surface area contributed by atoms with Crippen LogP contribution >= 0.6 is 0 Å². The number of aromatic nitrogens is 1. The number of para-hydroxylation sites is 1. The molecule has 0 spiro atoms. The van der Waals surface area contributed by atoms with E-state index in [1.54, 1.807) is 18.2 Å². The van der Waals surface area contributed by atoms with Crippen LogP contribution in [0.4, 0.5) is 4.39 Å². The molecule has 1 aromatic heterocycles. The minimum Gasteiger partial charge on any atom is -0.356 e. The normalized spacial score (nSPS) is 10.5. The molecule has 6 nitrogen and oxygen atoms in total. The lowest BCUT2D eigenvalue weighted by Gasteiger charge is -2.06. The van der Waals surface area contributed by atoms with E-state index in [0.717, 1.165) is 17.5 Å². The summed E-state index contributed by atoms with van der Waals surface area (Å²) in [6.07, 6.45) is -0.0410. The van der Waals surface area contributed by atoms with E-state index in [0.29, 0.717) is 11.3 Å². The van der Waals surface area contributed by atoms with Crippen molar-refractivity contribution < 1.29 is 18.5 Å². The number of carbonyl (C=O) groups is 2. The van der Waals surface area contributed by atoms with Gasteiger partial charge in [-0.2, -0.15) is 0 Å². The van der Waals surface area contributed by atoms with E-state index in [2.05, 4.69) is 16.0 Å². The van der Waals surface area contributed by atoms with Crippen LogP contribution in [-0.4, -0.2) is 17.0 Å². The number of rotatable bonds is 3. The van der Waals surface area contributed by atoms with Crippen molar-refractivity contribution in [3.8, 4) is 0 Å². The van der Waals surface area contributed by atoms with Crippen molar-refractivity contribution in [2.45, 2.75) is 6.42 Å². The van der Waals surface area contributed by atoms with Crippen molar-refractivity contribution in [1.29, 1.82) is 0 Å². The molecule has 2 aromatic carbocycles. The van der Waals surface area contributed by atoms with Gasteiger partial charge in [-0.25, -0.2) is 4.39 Å². The van der Waals surface area contributed by atoms with Crippen LogP contribution < -0.4 is 10.9 Å². The van der Waals surface area contributed by atoms with E-state index >= 15 is 0 Å². The number of benzene rings is 2. The summed E-state index contributed by atoms with van der Waals surface area (Å²) in [5, 5.41) is 4.58. The highest BCUT2D eigenvalue weighted by molar-refractivity contribution is 5.95. The Morgan fingerprint density at radius 2 is 1.78 bits per heavy atom. The molecular formula is C16H12FN3O3. The summed E-state index contributed by atoms with van der Waals surface area (Å²) in [6.45, 7) is 0. The Bertz CT molecular complexity index is 858. The third-order valence-electron chi connectivity index (χ3n) is 3.20. The zero-order chi connectivity index (χ0) is 16.2. The molecule has 0 atom stereocenters. The number of fused-ring (bicyclic) bond motifs is 1. The molecule has 3 aromatic rings. The zero-order valence-corrected chi connectivity index (χ0v) is 11.9. The first-order valence-corrected chi connectivity index (χ1v) is 6.81. The van der Waals surface area contributed by atoms with Gasteiger partial charge in [-0.05, 0) is 36.4 Å². The molecule has 0 bridgehead atoms. The highest BCUT2D eigenvalue weighted by Gasteiger charge is 2.13. The highest BCUT2D eigenvalue weighted by Crippen LogP contribution is 2.17. The fourth-order valence-corrected chi connectivity index (χ4v) is 2.06. The lowest BCUT2D eigenvalue weighted by molar-refractivity contribution is -0.121. The number of amides is 2. The molecule has 0 fully saturated rings. The molecule has 0 saturated carbocycles. The lowest BCUT2D eigenvalue weighted by Crippen LogP contribution is -2.42. The quantitative estimate of drug-likeness (QED) is 0.724. The minimum atomic E-state index is -0.539. The molecule has 23 heavy (non-hydrogen) atoms. The largest absolute Gasteiger partial charge is 0.356 e. The van der Waals surface area contributed by atoms with Crippen LogP contribution in [0.5, 0.6) is 0 Å². The molecule has 0 radical (unpaired) electrons. The van der Waals surface area contributed by atoms with Crippen LogP contribution in [0.1, 0.15) is 16.1 Å². The van der Waals surface area contributed by atoms with Gasteiger partial charge in [0.15, 0.2) is 5.58 Å². The third kappa shape index (κ3) is 3.34. The summed E-state index contributed by atoms with van der Waals surface area (Å²) in [5.74, 6) is -1.42. The molecule has 0 unspecified atom stereocenters. The molecular weight excluding hydrogens is 301 g/mol. The Balaban J connectivity index is 1.59. The van der Waals surface area contributed by atoms with Gasteiger partial charge in [-0.1, -0.05) is 17.3 Å². The highest BCUT2D eigenvalue weighted by atomic mass is 19.1. The van der Waals surface area contributed by atoms with Crippen LogP contribution in [-0.2, 0) is 11.2 Å². The minimum absolute atomic E-state index is 0.0410. The van der Waals surface area contributed by atoms with Gasteiger partial charge in [0, 0.05) is 10.9 Å². The van der Waals surface area contributed by atoms with Crippen molar-refractivity contribution >= 4 is 22.8 Å². The summed E-state index contributed by atoms with van der Waals surface area (Å²) >= 11 is 0. The van der Waals surface area contributed by atoms with Gasteiger partial charge in [-0.3, -0.25) is 20.4 Å². The summed E-state index contributed by atoms with van der Waals surface area (Å²) in [7, 11) is 0. The molecule has 7 heteroatoms. The molecule has 0 aliphatic heterocycles. The van der Waals surface area contributed by atoms with Gasteiger partial charge in [0.2, 0.25) is 5.91 Å². The molecule has 0 aliphatic carbocycles. The average Bonchev–Trinajstić information content (AvgIpc) is 2.96. The first-order chi connectivity index (χ1) is 11.1. The first-order valence-electron chi connectivity index (χ1n) is 6.81. The van der Waals surface area contributed by atoms with Crippen molar-refractivity contribution in [2.24, 2.45) is 0 Å². The average molecular weight is 313 g/mol. The second-order valence-electron chi connectivity index (χ2n) is 4.81. The fourth-order valence-electron chi connectivity index (χ4n) is 2.06. The zero-order valence-electron chi connectivity index (χ0n) is 11.9. The number of halogens is 1. The van der Waals surface area contributed by atoms with Crippen molar-refractivity contribution in [3.05, 3.63) is 65.6 Å². The predicted molar refractivity (Wildman–Crippen MR) is 79.7 cm³/mol. The fraction of sp³-hybridized carbons (Fsp3) is 0.0625. The van der Waals surface area contributed by atoms with Crippen LogP contribution in [0.3, 0.4) is 0 Å². The Morgan fingerprint density at radius 1 is 1.04 bits per heavy atom. The topological polar surface area (TPSA) is 84.2 Å². The van der Waals surface area contributed by atoms with Crippen LogP contribution in [0, 0.1) is 5.82 Å². The maximum atomic E-state index is 12.8. The third-order valence-corrected chi connectivity index (χ3v) is 3.20. The summed E-state index contributed by atoms with van der Waals surface area (Å²) < 4.78 is 17.9. The number of nitrogens with zero attached hydrogens (tertiary/aromatic N) is 1. The smallest absolute Gasteiger partial charge is 0.269 e. The van der Waals surface area contributed by atoms with Gasteiger partial charge >= 0.3 is 0 Å². The van der Waals surface area contributed by atoms with Crippen molar-refractivity contribution in [2.75, 3.05) is 0 Å². The van der Waals surface area contributed by atoms with Gasteiger partial charge in [0.25, 0.3) is 5.91 Å². The van der Waals surface area contributed by atoms with E-state index in [1.165, 1.54) is 12.1 Å². The van der Waals surface area contributed by atoms with E-state index in [1.807, 2.05) is 6.07 Å². The molecule has 1 heterocycles. The van der Waals surface area contributed by atoms with Crippen LogP contribution in [0.25, 0.3) is 11.0 Å². The summed E-state index contributed by atoms with van der Waals surface area (Å²) in [5.41, 5.74) is 5.85. The Kier molecular flexibility index (Phi) is 4.01. The Hall–Kier alpha value is -3.22. The van der Waals surface area contributed by atoms with Crippen LogP contribution in [0.15, 0.2) is 53.1 Å². The van der Waals surface area contributed by atoms with Gasteiger partial charge in [-0.15, -0.1) is 0 Å². The molecule has 3 rings (SSSR count). The summed E-state index contributed by atoms with van der Waals surface area (Å²) in [6, 6.07) is 12.1. The first kappa shape index (κ1) is 14.7. The molecule has 116 valence electrons. The molecule has 2 amide bonds. The van der Waals surface area contributed by atoms with E-state index in [9.17, 15) is 14.0 Å². The molecule has 0 saturated heterocycles. The number of hydrogen-bond acceptors (Lipinski definition) is 4. The number of nitrogens with one attached hydrogen (secondary N) is 2. The number of hydrogen-bond donors (Lipinski definition) is 2. The standard InChI is InChI=1S/C16H12FN3O3/c17-11-7-5-10(6-8-11)16(22)19-18-15(21)9-13-12-3-1-2-4-14(12)23-20-13/h1-8H,9H2,(H,18,21)(H,19,22). The van der Waals surface area contributed by atoms with Gasteiger partial charge < -0.3 is 4.52 Å². The number of hydrazine groups is 1. The SMILES string of the molecule is O=C(Cc1noc2ccccc12)NNC(=O)c1ccc(F)cc1. The van der Waals surface area contributed by atoms with E-state index in [4.69, 9.17) is 4.52 Å². The van der Waals surface area contributed by atoms with E-state index in [-0.39, 0.29) is 12.0 Å². The second kappa shape index (κ2) is 6.27. The van der Waals surface area contributed by atoms with E-state index < -0.39 is 17.6 Å². The second-order valence-corrected chi connectivity index (χ2v) is 4.81. The predicted octanol–water partition coefficient (Wildman–Crippen LogP) is 1.97. The lowest BCUT2D eigenvalue weighted by atomic mass is 10.2. The number of carbonyl (C=O) groups excluding carboxylic acids is 2. The van der Waals surface area contributed by atoms with Gasteiger partial charge in [0.1, 0.15) is 11.5 Å². The van der Waals surface area contributed by atoms with Crippen molar-refractivity contribution in [1.82, 2.24) is 16.0 Å². The van der Waals surface area contributed by atoms with Crippen molar-refractivity contribution in [3.63, 3.8) is 0 Å². The summed E-state index contributed by atoms with van der Waals surface area (Å²) in [4.78, 5) is 23.7. The Labute approximate surface area is 130 Å². The Morgan fingerprint density at radius 3 is 2.57 bits per heavy atom. The van der Waals surface area contributed by atoms with Crippen LogP contribution in [0.2, 0.25) is 0 Å². The molecule has 2 N–H and O–H groups in total. The maximum Gasteiger partial charge on any atom is 0.269 e. The van der Waals surface area contributed by atoms with Gasteiger partial charge in [0.05, 0.1) is 6.42 Å².